The summed E-state index contributed by atoms with van der Waals surface area (Å²) >= 11 is 6.07. The molecule has 10 heteroatoms. The molecule has 0 aliphatic rings. The lowest BCUT2D eigenvalue weighted by Gasteiger charge is -2.13. The zero-order chi connectivity index (χ0) is 23.6. The fourth-order valence-electron chi connectivity index (χ4n) is 3.12. The molecule has 0 aliphatic heterocycles. The van der Waals surface area contributed by atoms with Gasteiger partial charge in [-0.3, -0.25) is 9.52 Å². The van der Waals surface area contributed by atoms with Crippen LogP contribution in [0.2, 0.25) is 5.02 Å². The monoisotopic (exact) mass is 484 g/mol. The van der Waals surface area contributed by atoms with Crippen molar-refractivity contribution >= 4 is 38.9 Å². The lowest BCUT2D eigenvalue weighted by Crippen LogP contribution is -2.17. The second kappa shape index (κ2) is 9.05. The van der Waals surface area contributed by atoms with Crippen molar-refractivity contribution in [3.05, 3.63) is 101 Å². The van der Waals surface area contributed by atoms with Gasteiger partial charge in [-0.25, -0.2) is 17.5 Å². The van der Waals surface area contributed by atoms with Crippen molar-refractivity contribution in [2.45, 2.75) is 11.8 Å². The number of para-hydroxylation sites is 2. The van der Waals surface area contributed by atoms with Crippen molar-refractivity contribution < 1.29 is 17.6 Å². The molecule has 0 aliphatic carbocycles. The molecule has 168 valence electrons. The first kappa shape index (κ1) is 22.5. The van der Waals surface area contributed by atoms with Crippen molar-refractivity contribution in [1.82, 2.24) is 9.78 Å². The van der Waals surface area contributed by atoms with E-state index in [0.29, 0.717) is 5.56 Å². The van der Waals surface area contributed by atoms with Crippen molar-refractivity contribution in [2.75, 3.05) is 10.0 Å². The second-order valence-corrected chi connectivity index (χ2v) is 9.17. The van der Waals surface area contributed by atoms with Crippen LogP contribution in [0.4, 0.5) is 15.8 Å². The van der Waals surface area contributed by atoms with Crippen LogP contribution in [-0.4, -0.2) is 24.1 Å². The molecule has 0 radical (unpaired) electrons. The van der Waals surface area contributed by atoms with E-state index in [1.807, 2.05) is 0 Å². The topological polar surface area (TPSA) is 93.1 Å². The summed E-state index contributed by atoms with van der Waals surface area (Å²) in [6.07, 6.45) is 1.46. The number of hydrogen-bond acceptors (Lipinski definition) is 4. The van der Waals surface area contributed by atoms with Crippen LogP contribution in [0.15, 0.2) is 83.9 Å². The molecule has 3 aromatic carbocycles. The molecule has 1 aromatic heterocycles. The van der Waals surface area contributed by atoms with Crippen molar-refractivity contribution in [3.63, 3.8) is 0 Å². The van der Waals surface area contributed by atoms with Crippen LogP contribution < -0.4 is 10.0 Å². The van der Waals surface area contributed by atoms with Gasteiger partial charge >= 0.3 is 0 Å². The highest BCUT2D eigenvalue weighted by Crippen LogP contribution is 2.27. The highest BCUT2D eigenvalue weighted by atomic mass is 35.5. The van der Waals surface area contributed by atoms with E-state index < -0.39 is 21.7 Å². The Kier molecular flexibility index (Phi) is 6.17. The van der Waals surface area contributed by atoms with Crippen LogP contribution in [0.1, 0.15) is 16.1 Å². The number of halogens is 2. The van der Waals surface area contributed by atoms with Crippen LogP contribution in [-0.2, 0) is 10.0 Å². The first-order valence-corrected chi connectivity index (χ1v) is 11.6. The molecule has 0 fully saturated rings. The van der Waals surface area contributed by atoms with Gasteiger partial charge in [0.15, 0.2) is 5.69 Å². The maximum atomic E-state index is 14.0. The normalized spacial score (nSPS) is 11.2. The minimum atomic E-state index is -3.97. The molecule has 4 aromatic rings. The van der Waals surface area contributed by atoms with Gasteiger partial charge < -0.3 is 5.32 Å². The zero-order valence-electron chi connectivity index (χ0n) is 17.3. The number of carbonyl (C=O) groups is 1. The van der Waals surface area contributed by atoms with Gasteiger partial charge in [0.2, 0.25) is 0 Å². The van der Waals surface area contributed by atoms with Crippen molar-refractivity contribution in [1.29, 1.82) is 0 Å². The van der Waals surface area contributed by atoms with Gasteiger partial charge in [-0.1, -0.05) is 41.9 Å². The predicted molar refractivity (Wildman–Crippen MR) is 125 cm³/mol. The molecule has 33 heavy (non-hydrogen) atoms. The van der Waals surface area contributed by atoms with Gasteiger partial charge in [0.05, 0.1) is 15.6 Å². The Balaban J connectivity index is 1.57. The van der Waals surface area contributed by atoms with Crippen LogP contribution in [0.25, 0.3) is 5.69 Å². The number of sulfonamides is 1. The summed E-state index contributed by atoms with van der Waals surface area (Å²) in [5, 5.41) is 6.99. The van der Waals surface area contributed by atoms with Gasteiger partial charge in [-0.15, -0.1) is 0 Å². The fourth-order valence-corrected chi connectivity index (χ4v) is 4.71. The van der Waals surface area contributed by atoms with Gasteiger partial charge in [0, 0.05) is 11.9 Å². The number of hydrogen-bond donors (Lipinski definition) is 2. The number of anilines is 2. The smallest absolute Gasteiger partial charge is 0.276 e. The van der Waals surface area contributed by atoms with E-state index in [4.69, 9.17) is 11.6 Å². The van der Waals surface area contributed by atoms with E-state index in [0.717, 1.165) is 0 Å². The van der Waals surface area contributed by atoms with Gasteiger partial charge in [0.25, 0.3) is 15.9 Å². The van der Waals surface area contributed by atoms with Gasteiger partial charge in [0.1, 0.15) is 11.5 Å². The van der Waals surface area contributed by atoms with E-state index in [1.165, 1.54) is 35.1 Å². The molecule has 0 atom stereocenters. The summed E-state index contributed by atoms with van der Waals surface area (Å²) in [5.74, 6) is -1.05. The SMILES string of the molecule is Cc1ccc(NC(=O)c2ccn(-c3ccccc3F)n2)cc1S(=O)(=O)Nc1ccccc1Cl. The average molecular weight is 485 g/mol. The summed E-state index contributed by atoms with van der Waals surface area (Å²) in [6.45, 7) is 1.64. The van der Waals surface area contributed by atoms with Gasteiger partial charge in [-0.05, 0) is 55.0 Å². The highest BCUT2D eigenvalue weighted by Gasteiger charge is 2.20. The Morgan fingerprint density at radius 2 is 1.76 bits per heavy atom. The lowest BCUT2D eigenvalue weighted by molar-refractivity contribution is 0.102. The predicted octanol–water partition coefficient (Wildman–Crippen LogP) is 5.03. The van der Waals surface area contributed by atoms with Crippen molar-refractivity contribution in [2.24, 2.45) is 0 Å². The van der Waals surface area contributed by atoms with Crippen molar-refractivity contribution in [3.8, 4) is 5.69 Å². The van der Waals surface area contributed by atoms with E-state index in [2.05, 4.69) is 15.1 Å². The van der Waals surface area contributed by atoms with Crippen LogP contribution in [0.5, 0.6) is 0 Å². The Labute approximate surface area is 194 Å². The number of rotatable bonds is 6. The standard InChI is InChI=1S/C23H18ClFN4O3S/c1-15-10-11-16(14-22(15)33(31,32)28-19-8-4-2-6-17(19)24)26-23(30)20-12-13-29(27-20)21-9-5-3-7-18(21)25/h2-14,28H,1H3,(H,26,30). The summed E-state index contributed by atoms with van der Waals surface area (Å²) in [4.78, 5) is 12.6. The molecule has 1 heterocycles. The number of aromatic nitrogens is 2. The number of aryl methyl sites for hydroxylation is 1. The van der Waals surface area contributed by atoms with Crippen LogP contribution in [0, 0.1) is 12.7 Å². The third-order valence-corrected chi connectivity index (χ3v) is 6.61. The minimum Gasteiger partial charge on any atom is -0.321 e. The minimum absolute atomic E-state index is 0.0166. The Morgan fingerprint density at radius 3 is 2.52 bits per heavy atom. The molecule has 1 amide bonds. The number of benzene rings is 3. The number of nitrogens with zero attached hydrogens (tertiary/aromatic N) is 2. The van der Waals surface area contributed by atoms with Crippen LogP contribution >= 0.6 is 11.6 Å². The van der Waals surface area contributed by atoms with E-state index in [9.17, 15) is 17.6 Å². The molecule has 0 unspecified atom stereocenters. The van der Waals surface area contributed by atoms with Gasteiger partial charge in [-0.2, -0.15) is 5.10 Å². The first-order valence-electron chi connectivity index (χ1n) is 9.74. The van der Waals surface area contributed by atoms with E-state index in [-0.39, 0.29) is 32.7 Å². The molecular weight excluding hydrogens is 467 g/mol. The lowest BCUT2D eigenvalue weighted by atomic mass is 10.2. The zero-order valence-corrected chi connectivity index (χ0v) is 18.9. The maximum Gasteiger partial charge on any atom is 0.276 e. The molecule has 0 bridgehead atoms. The third kappa shape index (κ3) is 4.89. The molecule has 0 saturated heterocycles. The summed E-state index contributed by atoms with van der Waals surface area (Å²) in [6, 6.07) is 18.5. The largest absolute Gasteiger partial charge is 0.321 e. The molecule has 2 N–H and O–H groups in total. The average Bonchev–Trinajstić information content (AvgIpc) is 3.27. The van der Waals surface area contributed by atoms with E-state index in [1.54, 1.807) is 55.5 Å². The number of nitrogens with one attached hydrogen (secondary N) is 2. The number of carbonyl (C=O) groups excluding carboxylic acids is 1. The molecule has 0 spiro atoms. The maximum absolute atomic E-state index is 14.0. The quantitative estimate of drug-likeness (QED) is 0.401. The molecule has 7 nitrogen and oxygen atoms in total. The number of amides is 1. The highest BCUT2D eigenvalue weighted by molar-refractivity contribution is 7.92. The Hall–Kier alpha value is -3.69. The Morgan fingerprint density at radius 1 is 1.03 bits per heavy atom. The summed E-state index contributed by atoms with van der Waals surface area (Å²) in [7, 11) is -3.97. The van der Waals surface area contributed by atoms with E-state index >= 15 is 0 Å². The Bertz CT molecular complexity index is 1450. The molecule has 0 saturated carbocycles. The van der Waals surface area contributed by atoms with Crippen LogP contribution in [0.3, 0.4) is 0 Å². The summed E-state index contributed by atoms with van der Waals surface area (Å²) < 4.78 is 43.6. The second-order valence-electron chi connectivity index (χ2n) is 7.12. The first-order chi connectivity index (χ1) is 15.7. The summed E-state index contributed by atoms with van der Waals surface area (Å²) in [5.41, 5.74) is 1.22. The fraction of sp³-hybridized carbons (Fsp3) is 0.0435. The molecule has 4 rings (SSSR count). The molecular formula is C23H18ClFN4O3S. The third-order valence-electron chi connectivity index (χ3n) is 4.77.